The number of ether oxygens (including phenoxy) is 2. The number of carbonyl (C=O) groups excluding carboxylic acids is 1. The lowest BCUT2D eigenvalue weighted by Gasteiger charge is -2.11. The van der Waals surface area contributed by atoms with Crippen LogP contribution < -0.4 is 9.47 Å². The number of fused-ring (bicyclic) bond motifs is 1. The molecule has 4 rings (SSSR count). The summed E-state index contributed by atoms with van der Waals surface area (Å²) in [6.45, 7) is 6.34. The molecule has 1 saturated heterocycles. The molecule has 0 saturated carbocycles. The summed E-state index contributed by atoms with van der Waals surface area (Å²) in [4.78, 5) is 19.5. The average molecular weight is 400 g/mol. The van der Waals surface area contributed by atoms with E-state index < -0.39 is 0 Å². The van der Waals surface area contributed by atoms with Gasteiger partial charge in [0.2, 0.25) is 11.9 Å². The van der Waals surface area contributed by atoms with Crippen LogP contribution in [0.2, 0.25) is 0 Å². The molecule has 2 aliphatic rings. The number of hydrogen-bond acceptors (Lipinski definition) is 8. The Hall–Kier alpha value is -2.65. The second-order valence-electron chi connectivity index (χ2n) is 5.65. The van der Waals surface area contributed by atoms with Gasteiger partial charge < -0.3 is 9.47 Å². The zero-order valence-electron chi connectivity index (χ0n) is 14.5. The lowest BCUT2D eigenvalue weighted by Crippen LogP contribution is -2.29. The van der Waals surface area contributed by atoms with Gasteiger partial charge in [0.05, 0.1) is 4.91 Å². The fourth-order valence-corrected chi connectivity index (χ4v) is 4.25. The number of rotatable bonds is 5. The number of aliphatic imine (C=N–C) groups is 1. The first-order chi connectivity index (χ1) is 13.2. The lowest BCUT2D eigenvalue weighted by atomic mass is 10.2. The van der Waals surface area contributed by atoms with Crippen LogP contribution in [-0.2, 0) is 11.2 Å². The molecule has 27 heavy (non-hydrogen) atoms. The predicted octanol–water partition coefficient (Wildman–Crippen LogP) is 3.62. The van der Waals surface area contributed by atoms with Gasteiger partial charge in [-0.25, -0.2) is 0 Å². The third kappa shape index (κ3) is 3.60. The Kier molecular flexibility index (Phi) is 4.95. The summed E-state index contributed by atoms with van der Waals surface area (Å²) in [7, 11) is 0. The van der Waals surface area contributed by atoms with Crippen molar-refractivity contribution in [3.63, 3.8) is 0 Å². The van der Waals surface area contributed by atoms with E-state index in [2.05, 4.69) is 21.8 Å². The molecule has 0 unspecified atom stereocenters. The largest absolute Gasteiger partial charge is 0.454 e. The van der Waals surface area contributed by atoms with Gasteiger partial charge >= 0.3 is 0 Å². The van der Waals surface area contributed by atoms with Crippen molar-refractivity contribution in [1.29, 1.82) is 0 Å². The maximum Gasteiger partial charge on any atom is 0.267 e. The molecule has 0 N–H and O–H groups in total. The first-order valence-electron chi connectivity index (χ1n) is 8.31. The van der Waals surface area contributed by atoms with E-state index in [9.17, 15) is 4.79 Å². The van der Waals surface area contributed by atoms with Crippen molar-refractivity contribution in [3.8, 4) is 11.5 Å². The number of thioether (sulfide) groups is 1. The fraction of sp³-hybridized carbons (Fsp3) is 0.222. The predicted molar refractivity (Wildman–Crippen MR) is 106 cm³/mol. The Balaban J connectivity index is 1.64. The molecule has 3 heterocycles. The fourth-order valence-electron chi connectivity index (χ4n) is 2.55. The summed E-state index contributed by atoms with van der Waals surface area (Å²) in [6, 6.07) is 5.58. The Morgan fingerprint density at radius 3 is 2.96 bits per heavy atom. The second-order valence-corrected chi connectivity index (χ2v) is 7.70. The number of benzene rings is 1. The molecular weight excluding hydrogens is 384 g/mol. The molecule has 1 amide bonds. The van der Waals surface area contributed by atoms with Gasteiger partial charge in [-0.3, -0.25) is 9.69 Å². The van der Waals surface area contributed by atoms with Crippen LogP contribution in [-0.4, -0.2) is 39.5 Å². The summed E-state index contributed by atoms with van der Waals surface area (Å²) >= 11 is 2.74. The number of aryl methyl sites for hydroxylation is 1. The smallest absolute Gasteiger partial charge is 0.267 e. The minimum Gasteiger partial charge on any atom is -0.454 e. The normalized spacial score (nSPS) is 18.7. The molecule has 0 bridgehead atoms. The highest BCUT2D eigenvalue weighted by Gasteiger charge is 2.33. The summed E-state index contributed by atoms with van der Waals surface area (Å²) in [5.74, 6) is 1.27. The van der Waals surface area contributed by atoms with Crippen molar-refractivity contribution in [3.05, 3.63) is 46.3 Å². The molecule has 0 aliphatic carbocycles. The second kappa shape index (κ2) is 7.53. The maximum absolute atomic E-state index is 12.8. The third-order valence-corrected chi connectivity index (χ3v) is 5.81. The van der Waals surface area contributed by atoms with Crippen LogP contribution in [0.3, 0.4) is 0 Å². The topological polar surface area (TPSA) is 76.9 Å². The van der Waals surface area contributed by atoms with Crippen molar-refractivity contribution in [2.24, 2.45) is 4.99 Å². The lowest BCUT2D eigenvalue weighted by molar-refractivity contribution is -0.121. The van der Waals surface area contributed by atoms with Crippen LogP contribution in [0, 0.1) is 0 Å². The van der Waals surface area contributed by atoms with Gasteiger partial charge in [-0.2, -0.15) is 4.99 Å². The van der Waals surface area contributed by atoms with E-state index in [0.717, 1.165) is 17.0 Å². The van der Waals surface area contributed by atoms with Crippen LogP contribution in [0.1, 0.15) is 17.5 Å². The van der Waals surface area contributed by atoms with Crippen molar-refractivity contribution in [2.45, 2.75) is 13.3 Å². The zero-order chi connectivity index (χ0) is 18.8. The number of amidine groups is 1. The number of hydrogen-bond donors (Lipinski definition) is 0. The van der Waals surface area contributed by atoms with Gasteiger partial charge in [0.25, 0.3) is 5.91 Å². The molecule has 2 aromatic rings. The highest BCUT2D eigenvalue weighted by Crippen LogP contribution is 2.37. The Labute approximate surface area is 164 Å². The Morgan fingerprint density at radius 1 is 1.33 bits per heavy atom. The molecule has 0 atom stereocenters. The standard InChI is InChI=1S/C18H16N4O3S2/c1-3-7-22-16(23)14(9-11-5-6-12-13(8-11)25-10-24-12)26-18(22)19-17-21-20-15(4-2)27-17/h3,5-6,8-9H,1,4,7,10H2,2H3/b14-9+,19-18?. The number of aromatic nitrogens is 2. The van der Waals surface area contributed by atoms with E-state index in [4.69, 9.17) is 9.47 Å². The summed E-state index contributed by atoms with van der Waals surface area (Å²) in [5.41, 5.74) is 0.860. The SMILES string of the molecule is C=CCN1C(=O)/C(=C\c2ccc3c(c2)OCO3)SC1=Nc1nnc(CC)s1. The van der Waals surface area contributed by atoms with Crippen LogP contribution >= 0.6 is 23.1 Å². The van der Waals surface area contributed by atoms with Gasteiger partial charge in [0.1, 0.15) is 5.01 Å². The van der Waals surface area contributed by atoms with Crippen LogP contribution in [0.4, 0.5) is 5.13 Å². The highest BCUT2D eigenvalue weighted by molar-refractivity contribution is 8.18. The van der Waals surface area contributed by atoms with Gasteiger partial charge in [0, 0.05) is 6.54 Å². The Bertz CT molecular complexity index is 967. The summed E-state index contributed by atoms with van der Waals surface area (Å²) in [6.07, 6.45) is 4.31. The first kappa shape index (κ1) is 17.7. The van der Waals surface area contributed by atoms with Crippen LogP contribution in [0.25, 0.3) is 6.08 Å². The highest BCUT2D eigenvalue weighted by atomic mass is 32.2. The van der Waals surface area contributed by atoms with E-state index >= 15 is 0 Å². The average Bonchev–Trinajstić information content (AvgIpc) is 3.38. The number of amides is 1. The number of nitrogens with zero attached hydrogens (tertiary/aromatic N) is 4. The molecule has 0 spiro atoms. The van der Waals surface area contributed by atoms with E-state index in [0.29, 0.717) is 33.2 Å². The molecule has 7 nitrogen and oxygen atoms in total. The maximum atomic E-state index is 12.8. The van der Waals surface area contributed by atoms with E-state index in [-0.39, 0.29) is 12.7 Å². The molecule has 1 fully saturated rings. The Morgan fingerprint density at radius 2 is 2.19 bits per heavy atom. The van der Waals surface area contributed by atoms with Gasteiger partial charge in [-0.05, 0) is 42.0 Å². The van der Waals surface area contributed by atoms with Gasteiger partial charge in [-0.1, -0.05) is 30.4 Å². The third-order valence-electron chi connectivity index (χ3n) is 3.84. The zero-order valence-corrected chi connectivity index (χ0v) is 16.2. The van der Waals surface area contributed by atoms with Crippen molar-refractivity contribution >= 4 is 45.4 Å². The minimum absolute atomic E-state index is 0.114. The van der Waals surface area contributed by atoms with Crippen LogP contribution in [0.15, 0.2) is 40.8 Å². The van der Waals surface area contributed by atoms with E-state index in [1.165, 1.54) is 23.1 Å². The van der Waals surface area contributed by atoms with E-state index in [1.807, 2.05) is 31.2 Å². The van der Waals surface area contributed by atoms with E-state index in [1.54, 1.807) is 11.0 Å². The van der Waals surface area contributed by atoms with Crippen LogP contribution in [0.5, 0.6) is 11.5 Å². The molecule has 1 aromatic heterocycles. The molecule has 138 valence electrons. The van der Waals surface area contributed by atoms with Crippen molar-refractivity contribution in [1.82, 2.24) is 15.1 Å². The first-order valence-corrected chi connectivity index (χ1v) is 9.94. The number of carbonyl (C=O) groups is 1. The summed E-state index contributed by atoms with van der Waals surface area (Å²) < 4.78 is 10.7. The molecule has 2 aliphatic heterocycles. The molecule has 9 heteroatoms. The monoisotopic (exact) mass is 400 g/mol. The summed E-state index contributed by atoms with van der Waals surface area (Å²) in [5, 5.41) is 10.2. The van der Waals surface area contributed by atoms with Gasteiger partial charge in [-0.15, -0.1) is 16.8 Å². The quantitative estimate of drug-likeness (QED) is 0.564. The molecule has 0 radical (unpaired) electrons. The van der Waals surface area contributed by atoms with Crippen molar-refractivity contribution < 1.29 is 14.3 Å². The molecule has 1 aromatic carbocycles. The van der Waals surface area contributed by atoms with Gasteiger partial charge in [0.15, 0.2) is 16.7 Å². The minimum atomic E-state index is -0.114. The molecular formula is C18H16N4O3S2. The van der Waals surface area contributed by atoms with Crippen molar-refractivity contribution in [2.75, 3.05) is 13.3 Å².